The molecule has 0 bridgehead atoms. The normalized spacial score (nSPS) is 25.5. The van der Waals surface area contributed by atoms with Gasteiger partial charge >= 0.3 is 0 Å². The summed E-state index contributed by atoms with van der Waals surface area (Å²) in [6.07, 6.45) is 10.6. The van der Waals surface area contributed by atoms with Gasteiger partial charge in [0, 0.05) is 6.61 Å². The highest BCUT2D eigenvalue weighted by atomic mass is 16.7. The van der Waals surface area contributed by atoms with Crippen LogP contribution in [0, 0.1) is 11.8 Å². The van der Waals surface area contributed by atoms with E-state index >= 15 is 0 Å². The van der Waals surface area contributed by atoms with Crippen LogP contribution in [0.1, 0.15) is 44.9 Å². The second kappa shape index (κ2) is 6.73. The van der Waals surface area contributed by atoms with Gasteiger partial charge in [-0.05, 0) is 50.5 Å². The minimum absolute atomic E-state index is 0.0108. The summed E-state index contributed by atoms with van der Waals surface area (Å²) in [5.74, 6) is 6.27. The first-order chi connectivity index (χ1) is 7.95. The first kappa shape index (κ1) is 11.7. The number of ether oxygens (including phenoxy) is 2. The van der Waals surface area contributed by atoms with Crippen LogP contribution in [-0.2, 0) is 9.47 Å². The molecular weight excluding hydrogens is 200 g/mol. The van der Waals surface area contributed by atoms with Crippen LogP contribution in [0.25, 0.3) is 0 Å². The van der Waals surface area contributed by atoms with Gasteiger partial charge in [0.15, 0.2) is 6.29 Å². The van der Waals surface area contributed by atoms with Gasteiger partial charge in [0.25, 0.3) is 0 Å². The molecule has 1 unspecified atom stereocenters. The van der Waals surface area contributed by atoms with Gasteiger partial charge in [-0.1, -0.05) is 17.9 Å². The standard InChI is InChI=1S/C14H20O2/c1-2-7-13(8-3-1)9-6-12-16-14-10-4-5-11-15-14/h7,14H,1-5,8,10-12H2. The summed E-state index contributed by atoms with van der Waals surface area (Å²) in [5.41, 5.74) is 1.29. The topological polar surface area (TPSA) is 18.5 Å². The Kier molecular flexibility index (Phi) is 4.92. The number of hydrogen-bond acceptors (Lipinski definition) is 2. The molecule has 0 aromatic carbocycles. The molecule has 0 saturated carbocycles. The van der Waals surface area contributed by atoms with Crippen molar-refractivity contribution in [1.82, 2.24) is 0 Å². The van der Waals surface area contributed by atoms with Gasteiger partial charge in [-0.2, -0.15) is 0 Å². The molecule has 0 N–H and O–H groups in total. The van der Waals surface area contributed by atoms with Crippen molar-refractivity contribution in [1.29, 1.82) is 0 Å². The van der Waals surface area contributed by atoms with Gasteiger partial charge < -0.3 is 9.47 Å². The minimum atomic E-state index is -0.0108. The molecular formula is C14H20O2. The molecule has 2 heteroatoms. The van der Waals surface area contributed by atoms with Crippen molar-refractivity contribution < 1.29 is 9.47 Å². The monoisotopic (exact) mass is 220 g/mol. The Morgan fingerprint density at radius 1 is 1.31 bits per heavy atom. The number of allylic oxidation sites excluding steroid dienone is 2. The molecule has 1 atom stereocenters. The van der Waals surface area contributed by atoms with Crippen molar-refractivity contribution >= 4 is 0 Å². The maximum absolute atomic E-state index is 5.55. The van der Waals surface area contributed by atoms with E-state index in [2.05, 4.69) is 17.9 Å². The lowest BCUT2D eigenvalue weighted by Gasteiger charge is -2.21. The van der Waals surface area contributed by atoms with E-state index in [-0.39, 0.29) is 6.29 Å². The molecule has 1 heterocycles. The van der Waals surface area contributed by atoms with Crippen LogP contribution in [0.15, 0.2) is 11.6 Å². The van der Waals surface area contributed by atoms with E-state index in [1.807, 2.05) is 0 Å². The summed E-state index contributed by atoms with van der Waals surface area (Å²) in [6, 6.07) is 0. The second-order valence-corrected chi connectivity index (χ2v) is 4.38. The highest BCUT2D eigenvalue weighted by Crippen LogP contribution is 2.16. The fourth-order valence-electron chi connectivity index (χ4n) is 2.08. The fraction of sp³-hybridized carbons (Fsp3) is 0.714. The summed E-state index contributed by atoms with van der Waals surface area (Å²) in [6.45, 7) is 1.34. The molecule has 0 aromatic heterocycles. The molecule has 0 aromatic rings. The van der Waals surface area contributed by atoms with Gasteiger partial charge in [0.2, 0.25) is 0 Å². The third kappa shape index (κ3) is 4.00. The van der Waals surface area contributed by atoms with Crippen molar-refractivity contribution in [3.05, 3.63) is 11.6 Å². The van der Waals surface area contributed by atoms with Gasteiger partial charge in [-0.3, -0.25) is 0 Å². The molecule has 1 aliphatic carbocycles. The van der Waals surface area contributed by atoms with E-state index in [9.17, 15) is 0 Å². The first-order valence-corrected chi connectivity index (χ1v) is 6.36. The van der Waals surface area contributed by atoms with Crippen LogP contribution in [0.3, 0.4) is 0 Å². The summed E-state index contributed by atoms with van der Waals surface area (Å²) >= 11 is 0. The molecule has 0 spiro atoms. The zero-order valence-electron chi connectivity index (χ0n) is 9.84. The average Bonchev–Trinajstić information content (AvgIpc) is 2.37. The summed E-state index contributed by atoms with van der Waals surface area (Å²) < 4.78 is 11.0. The summed E-state index contributed by atoms with van der Waals surface area (Å²) in [7, 11) is 0. The third-order valence-electron chi connectivity index (χ3n) is 3.02. The van der Waals surface area contributed by atoms with E-state index in [0.717, 1.165) is 19.4 Å². The molecule has 0 amide bonds. The lowest BCUT2D eigenvalue weighted by Crippen LogP contribution is -2.22. The van der Waals surface area contributed by atoms with Crippen molar-refractivity contribution in [3.63, 3.8) is 0 Å². The highest BCUT2D eigenvalue weighted by Gasteiger charge is 2.12. The maximum atomic E-state index is 5.55. The summed E-state index contributed by atoms with van der Waals surface area (Å²) in [4.78, 5) is 0. The predicted molar refractivity (Wildman–Crippen MR) is 63.9 cm³/mol. The number of rotatable bonds is 2. The third-order valence-corrected chi connectivity index (χ3v) is 3.02. The first-order valence-electron chi connectivity index (χ1n) is 6.36. The average molecular weight is 220 g/mol. The van der Waals surface area contributed by atoms with E-state index in [4.69, 9.17) is 9.47 Å². The molecule has 2 aliphatic rings. The van der Waals surface area contributed by atoms with Gasteiger partial charge in [-0.15, -0.1) is 0 Å². The highest BCUT2D eigenvalue weighted by molar-refractivity contribution is 5.29. The molecule has 2 nitrogen and oxygen atoms in total. The largest absolute Gasteiger partial charge is 0.353 e. The van der Waals surface area contributed by atoms with E-state index in [0.29, 0.717) is 6.61 Å². The van der Waals surface area contributed by atoms with E-state index in [1.165, 1.54) is 37.7 Å². The zero-order chi connectivity index (χ0) is 11.1. The second-order valence-electron chi connectivity index (χ2n) is 4.38. The van der Waals surface area contributed by atoms with Crippen molar-refractivity contribution in [2.75, 3.05) is 13.2 Å². The lowest BCUT2D eigenvalue weighted by molar-refractivity contribution is -0.154. The molecule has 88 valence electrons. The van der Waals surface area contributed by atoms with Crippen LogP contribution < -0.4 is 0 Å². The van der Waals surface area contributed by atoms with E-state index < -0.39 is 0 Å². The van der Waals surface area contributed by atoms with Gasteiger partial charge in [0.05, 0.1) is 0 Å². The Morgan fingerprint density at radius 3 is 3.06 bits per heavy atom. The molecule has 1 saturated heterocycles. The van der Waals surface area contributed by atoms with Gasteiger partial charge in [0.1, 0.15) is 6.61 Å². The van der Waals surface area contributed by atoms with Gasteiger partial charge in [-0.25, -0.2) is 0 Å². The van der Waals surface area contributed by atoms with Crippen LogP contribution in [0.5, 0.6) is 0 Å². The SMILES string of the molecule is C(#CC1=CCCCC1)COC1CCCCO1. The van der Waals surface area contributed by atoms with Crippen molar-refractivity contribution in [3.8, 4) is 11.8 Å². The lowest BCUT2D eigenvalue weighted by atomic mass is 10.0. The van der Waals surface area contributed by atoms with E-state index in [1.54, 1.807) is 0 Å². The van der Waals surface area contributed by atoms with Crippen molar-refractivity contribution in [2.24, 2.45) is 0 Å². The molecule has 1 aliphatic heterocycles. The zero-order valence-corrected chi connectivity index (χ0v) is 9.84. The number of hydrogen-bond donors (Lipinski definition) is 0. The molecule has 16 heavy (non-hydrogen) atoms. The Morgan fingerprint density at radius 2 is 2.31 bits per heavy atom. The quantitative estimate of drug-likeness (QED) is 0.666. The summed E-state index contributed by atoms with van der Waals surface area (Å²) in [5, 5.41) is 0. The van der Waals surface area contributed by atoms with Crippen LogP contribution in [0.4, 0.5) is 0 Å². The van der Waals surface area contributed by atoms with Crippen molar-refractivity contribution in [2.45, 2.75) is 51.2 Å². The minimum Gasteiger partial charge on any atom is -0.353 e. The van der Waals surface area contributed by atoms with Crippen LogP contribution in [0.2, 0.25) is 0 Å². The Labute approximate surface area is 98.0 Å². The Bertz CT molecular complexity index is 290. The van der Waals surface area contributed by atoms with Crippen LogP contribution in [-0.4, -0.2) is 19.5 Å². The maximum Gasteiger partial charge on any atom is 0.158 e. The smallest absolute Gasteiger partial charge is 0.158 e. The predicted octanol–water partition coefficient (Wildman–Crippen LogP) is 3.03. The molecule has 1 fully saturated rings. The fourth-order valence-corrected chi connectivity index (χ4v) is 2.08. The Balaban J connectivity index is 1.66. The Hall–Kier alpha value is -0.780. The van der Waals surface area contributed by atoms with Crippen LogP contribution >= 0.6 is 0 Å². The molecule has 0 radical (unpaired) electrons. The molecule has 2 rings (SSSR count).